The lowest BCUT2D eigenvalue weighted by Crippen LogP contribution is -2.25. The van der Waals surface area contributed by atoms with Gasteiger partial charge in [0.05, 0.1) is 31.7 Å². The zero-order valence-electron chi connectivity index (χ0n) is 15.1. The highest BCUT2D eigenvalue weighted by molar-refractivity contribution is 5.93. The lowest BCUT2D eigenvalue weighted by Gasteiger charge is -2.10. The number of aromatic nitrogens is 2. The average molecular weight is 369 g/mol. The number of ether oxygens (including phenoxy) is 2. The summed E-state index contributed by atoms with van der Waals surface area (Å²) in [7, 11) is 3.20. The van der Waals surface area contributed by atoms with E-state index in [4.69, 9.17) is 9.47 Å². The largest absolute Gasteiger partial charge is 0.497 e. The molecule has 0 aliphatic carbocycles. The monoisotopic (exact) mass is 369 g/mol. The summed E-state index contributed by atoms with van der Waals surface area (Å²) in [5, 5.41) is 7.01. The van der Waals surface area contributed by atoms with Gasteiger partial charge in [-0.05, 0) is 42.3 Å². The Balaban J connectivity index is 1.59. The minimum absolute atomic E-state index is 0.226. The number of hydrogen-bond donors (Lipinski definition) is 1. The Bertz CT molecular complexity index is 922. The molecule has 1 amide bonds. The molecule has 0 aliphatic rings. The predicted octanol–water partition coefficient (Wildman–Crippen LogP) is 3.00. The van der Waals surface area contributed by atoms with Gasteiger partial charge in [-0.3, -0.25) is 4.79 Å². The zero-order valence-corrected chi connectivity index (χ0v) is 15.1. The molecular weight excluding hydrogens is 349 g/mol. The fourth-order valence-electron chi connectivity index (χ4n) is 2.65. The van der Waals surface area contributed by atoms with E-state index in [1.807, 2.05) is 18.2 Å². The Morgan fingerprint density at radius 1 is 1.15 bits per heavy atom. The first-order valence-corrected chi connectivity index (χ1v) is 8.40. The Labute approximate surface area is 156 Å². The van der Waals surface area contributed by atoms with Gasteiger partial charge in [0.1, 0.15) is 17.3 Å². The van der Waals surface area contributed by atoms with Crippen LogP contribution in [0.15, 0.2) is 54.9 Å². The molecule has 0 atom stereocenters. The van der Waals surface area contributed by atoms with Crippen LogP contribution in [0.3, 0.4) is 0 Å². The molecule has 27 heavy (non-hydrogen) atoms. The van der Waals surface area contributed by atoms with E-state index in [1.54, 1.807) is 32.5 Å². The van der Waals surface area contributed by atoms with Crippen LogP contribution in [0.1, 0.15) is 15.9 Å². The van der Waals surface area contributed by atoms with E-state index in [9.17, 15) is 9.18 Å². The van der Waals surface area contributed by atoms with Gasteiger partial charge in [-0.2, -0.15) is 5.10 Å². The van der Waals surface area contributed by atoms with Crippen LogP contribution in [-0.4, -0.2) is 36.5 Å². The first kappa shape index (κ1) is 18.4. The van der Waals surface area contributed by atoms with Gasteiger partial charge in [0.15, 0.2) is 0 Å². The number of nitrogens with one attached hydrogen (secondary N) is 1. The molecule has 0 radical (unpaired) electrons. The SMILES string of the molecule is COc1ccc(CCNC(=O)c2cnn(-c3ccc(F)cc3)c2)c(OC)c1. The molecule has 2 aromatic carbocycles. The van der Waals surface area contributed by atoms with E-state index < -0.39 is 0 Å². The maximum absolute atomic E-state index is 13.0. The van der Waals surface area contributed by atoms with Crippen molar-refractivity contribution in [3.8, 4) is 17.2 Å². The number of methoxy groups -OCH3 is 2. The number of amides is 1. The van der Waals surface area contributed by atoms with Gasteiger partial charge in [-0.1, -0.05) is 6.07 Å². The summed E-state index contributed by atoms with van der Waals surface area (Å²) in [6, 6.07) is 11.5. The Morgan fingerprint density at radius 2 is 1.93 bits per heavy atom. The van der Waals surface area contributed by atoms with Gasteiger partial charge in [0, 0.05) is 18.8 Å². The second kappa shape index (κ2) is 8.35. The summed E-state index contributed by atoms with van der Waals surface area (Å²) in [4.78, 5) is 12.3. The Kier molecular flexibility index (Phi) is 5.71. The second-order valence-corrected chi connectivity index (χ2v) is 5.83. The normalized spacial score (nSPS) is 10.5. The van der Waals surface area contributed by atoms with Crippen LogP contribution in [0.25, 0.3) is 5.69 Å². The topological polar surface area (TPSA) is 65.4 Å². The van der Waals surface area contributed by atoms with Gasteiger partial charge < -0.3 is 14.8 Å². The van der Waals surface area contributed by atoms with Gasteiger partial charge in [-0.15, -0.1) is 0 Å². The van der Waals surface area contributed by atoms with Gasteiger partial charge in [0.25, 0.3) is 5.91 Å². The Morgan fingerprint density at radius 3 is 2.63 bits per heavy atom. The first-order chi connectivity index (χ1) is 13.1. The number of nitrogens with zero attached hydrogens (tertiary/aromatic N) is 2. The van der Waals surface area contributed by atoms with Crippen molar-refractivity contribution < 1.29 is 18.7 Å². The van der Waals surface area contributed by atoms with E-state index in [0.717, 1.165) is 5.56 Å². The quantitative estimate of drug-likeness (QED) is 0.695. The van der Waals surface area contributed by atoms with Crippen LogP contribution in [0, 0.1) is 5.82 Å². The van der Waals surface area contributed by atoms with Crippen molar-refractivity contribution >= 4 is 5.91 Å². The molecule has 1 heterocycles. The average Bonchev–Trinajstić information content (AvgIpc) is 3.19. The van der Waals surface area contributed by atoms with Crippen LogP contribution >= 0.6 is 0 Å². The van der Waals surface area contributed by atoms with Crippen molar-refractivity contribution in [1.29, 1.82) is 0 Å². The molecule has 0 bridgehead atoms. The van der Waals surface area contributed by atoms with Crippen molar-refractivity contribution in [2.24, 2.45) is 0 Å². The number of halogens is 1. The van der Waals surface area contributed by atoms with Crippen molar-refractivity contribution in [3.63, 3.8) is 0 Å². The molecule has 0 unspecified atom stereocenters. The minimum atomic E-state index is -0.321. The molecule has 1 N–H and O–H groups in total. The lowest BCUT2D eigenvalue weighted by molar-refractivity contribution is 0.0954. The standard InChI is InChI=1S/C20H20FN3O3/c1-26-18-8-3-14(19(11-18)27-2)9-10-22-20(25)15-12-23-24(13-15)17-6-4-16(21)5-7-17/h3-8,11-13H,9-10H2,1-2H3,(H,22,25). The van der Waals surface area contributed by atoms with E-state index >= 15 is 0 Å². The maximum Gasteiger partial charge on any atom is 0.254 e. The summed E-state index contributed by atoms with van der Waals surface area (Å²) in [6.45, 7) is 0.448. The van der Waals surface area contributed by atoms with Crippen molar-refractivity contribution in [2.75, 3.05) is 20.8 Å². The molecule has 0 saturated carbocycles. The van der Waals surface area contributed by atoms with Gasteiger partial charge in [0.2, 0.25) is 0 Å². The van der Waals surface area contributed by atoms with Gasteiger partial charge >= 0.3 is 0 Å². The number of hydrogen-bond acceptors (Lipinski definition) is 4. The molecular formula is C20H20FN3O3. The molecule has 3 aromatic rings. The molecule has 0 spiro atoms. The fraction of sp³-hybridized carbons (Fsp3) is 0.200. The molecule has 140 valence electrons. The Hall–Kier alpha value is -3.35. The molecule has 6 nitrogen and oxygen atoms in total. The molecule has 3 rings (SSSR count). The minimum Gasteiger partial charge on any atom is -0.497 e. The molecule has 1 aromatic heterocycles. The van der Waals surface area contributed by atoms with Crippen LogP contribution < -0.4 is 14.8 Å². The van der Waals surface area contributed by atoms with E-state index in [2.05, 4.69) is 10.4 Å². The van der Waals surface area contributed by atoms with Crippen LogP contribution in [0.4, 0.5) is 4.39 Å². The third kappa shape index (κ3) is 4.44. The fourth-order valence-corrected chi connectivity index (χ4v) is 2.65. The highest BCUT2D eigenvalue weighted by atomic mass is 19.1. The van der Waals surface area contributed by atoms with Crippen LogP contribution in [0.2, 0.25) is 0 Å². The molecule has 7 heteroatoms. The molecule has 0 saturated heterocycles. The summed E-state index contributed by atoms with van der Waals surface area (Å²) in [5.41, 5.74) is 2.08. The first-order valence-electron chi connectivity index (χ1n) is 8.40. The zero-order chi connectivity index (χ0) is 19.2. The lowest BCUT2D eigenvalue weighted by atomic mass is 10.1. The van der Waals surface area contributed by atoms with Crippen LogP contribution in [-0.2, 0) is 6.42 Å². The smallest absolute Gasteiger partial charge is 0.254 e. The van der Waals surface area contributed by atoms with Crippen molar-refractivity contribution in [3.05, 3.63) is 71.8 Å². The van der Waals surface area contributed by atoms with Crippen molar-refractivity contribution in [1.82, 2.24) is 15.1 Å². The van der Waals surface area contributed by atoms with Gasteiger partial charge in [-0.25, -0.2) is 9.07 Å². The van der Waals surface area contributed by atoms with E-state index in [-0.39, 0.29) is 11.7 Å². The highest BCUT2D eigenvalue weighted by Crippen LogP contribution is 2.24. The molecule has 0 fully saturated rings. The van der Waals surface area contributed by atoms with Crippen molar-refractivity contribution in [2.45, 2.75) is 6.42 Å². The number of carbonyl (C=O) groups is 1. The number of rotatable bonds is 7. The summed E-state index contributed by atoms with van der Waals surface area (Å²) in [6.07, 6.45) is 3.70. The third-order valence-corrected chi connectivity index (χ3v) is 4.11. The highest BCUT2D eigenvalue weighted by Gasteiger charge is 2.10. The number of carbonyl (C=O) groups excluding carboxylic acids is 1. The second-order valence-electron chi connectivity index (χ2n) is 5.83. The maximum atomic E-state index is 13.0. The predicted molar refractivity (Wildman–Crippen MR) is 99.1 cm³/mol. The van der Waals surface area contributed by atoms with E-state index in [1.165, 1.54) is 23.0 Å². The summed E-state index contributed by atoms with van der Waals surface area (Å²) < 4.78 is 25.1. The summed E-state index contributed by atoms with van der Waals surface area (Å²) in [5.74, 6) is 0.884. The third-order valence-electron chi connectivity index (χ3n) is 4.11. The van der Waals surface area contributed by atoms with E-state index in [0.29, 0.717) is 35.7 Å². The van der Waals surface area contributed by atoms with Crippen LogP contribution in [0.5, 0.6) is 11.5 Å². The number of benzene rings is 2. The molecule has 0 aliphatic heterocycles. The summed E-state index contributed by atoms with van der Waals surface area (Å²) >= 11 is 0.